The number of likely N-dealkylation sites (tertiary alicyclic amines) is 1. The quantitative estimate of drug-likeness (QED) is 0.605. The lowest BCUT2D eigenvalue weighted by molar-refractivity contribution is -0.126. The number of likely N-dealkylation sites (N-methyl/N-ethyl adjacent to an activating group) is 1. The molecule has 12 heavy (non-hydrogen) atoms. The van der Waals surface area contributed by atoms with Gasteiger partial charge in [0.15, 0.2) is 0 Å². The summed E-state index contributed by atoms with van der Waals surface area (Å²) in [6.07, 6.45) is 2.42. The number of nitrogens with zero attached hydrogens (tertiary/aromatic N) is 1. The van der Waals surface area contributed by atoms with E-state index in [4.69, 9.17) is 0 Å². The highest BCUT2D eigenvalue weighted by atomic mass is 16.2. The van der Waals surface area contributed by atoms with Crippen LogP contribution in [0.25, 0.3) is 0 Å². The average Bonchev–Trinajstić information content (AvgIpc) is 2.45. The van der Waals surface area contributed by atoms with Crippen molar-refractivity contribution in [1.82, 2.24) is 10.2 Å². The summed E-state index contributed by atoms with van der Waals surface area (Å²) in [5, 5.41) is 3.18. The summed E-state index contributed by atoms with van der Waals surface area (Å²) in [6, 6.07) is 0.789. The molecule has 0 unspecified atom stereocenters. The number of carbonyl (C=O) groups excluding carboxylic acids is 1. The number of hydrogen-bond acceptors (Lipinski definition) is 2. The third kappa shape index (κ3) is 1.67. The predicted octanol–water partition coefficient (Wildman–Crippen LogP) is 0.381. The standard InChI is InChI=1S/C9H16N2O/c1-4-9(12)11-6-8(10-3)5-7(11)2/h4,7-8,10H,1,5-6H2,2-3H3/t7-,8+/m1/s1. The highest BCUT2D eigenvalue weighted by molar-refractivity contribution is 5.87. The summed E-state index contributed by atoms with van der Waals surface area (Å²) in [5.41, 5.74) is 0. The summed E-state index contributed by atoms with van der Waals surface area (Å²) in [5.74, 6) is 0.0419. The minimum Gasteiger partial charge on any atom is -0.335 e. The molecular formula is C9H16N2O. The number of carbonyl (C=O) groups is 1. The molecule has 0 aromatic rings. The summed E-state index contributed by atoms with van der Waals surface area (Å²) in [6.45, 7) is 6.36. The SMILES string of the molecule is C=CC(=O)N1C[C@@H](NC)C[C@H]1C. The Morgan fingerprint density at radius 1 is 1.75 bits per heavy atom. The highest BCUT2D eigenvalue weighted by Crippen LogP contribution is 2.16. The molecular weight excluding hydrogens is 152 g/mol. The van der Waals surface area contributed by atoms with Crippen LogP contribution < -0.4 is 5.32 Å². The van der Waals surface area contributed by atoms with E-state index in [1.165, 1.54) is 6.08 Å². The third-order valence-corrected chi connectivity index (χ3v) is 2.44. The van der Waals surface area contributed by atoms with Crippen LogP contribution in [-0.2, 0) is 4.79 Å². The lowest BCUT2D eigenvalue weighted by Gasteiger charge is -2.18. The predicted molar refractivity (Wildman–Crippen MR) is 48.8 cm³/mol. The summed E-state index contributed by atoms with van der Waals surface area (Å²) >= 11 is 0. The topological polar surface area (TPSA) is 32.3 Å². The zero-order valence-corrected chi connectivity index (χ0v) is 7.71. The molecule has 0 aliphatic carbocycles. The first-order chi connectivity index (χ1) is 5.69. The van der Waals surface area contributed by atoms with Gasteiger partial charge < -0.3 is 10.2 Å². The van der Waals surface area contributed by atoms with Crippen LogP contribution in [0.3, 0.4) is 0 Å². The van der Waals surface area contributed by atoms with Crippen molar-refractivity contribution in [2.45, 2.75) is 25.4 Å². The van der Waals surface area contributed by atoms with E-state index in [2.05, 4.69) is 18.8 Å². The Morgan fingerprint density at radius 3 is 2.83 bits per heavy atom. The molecule has 0 aromatic carbocycles. The van der Waals surface area contributed by atoms with Crippen LogP contribution in [-0.4, -0.2) is 36.5 Å². The van der Waals surface area contributed by atoms with E-state index in [9.17, 15) is 4.79 Å². The van der Waals surface area contributed by atoms with Crippen molar-refractivity contribution in [3.05, 3.63) is 12.7 Å². The van der Waals surface area contributed by atoms with E-state index >= 15 is 0 Å². The van der Waals surface area contributed by atoms with Gasteiger partial charge in [-0.05, 0) is 26.5 Å². The summed E-state index contributed by atoms with van der Waals surface area (Å²) < 4.78 is 0. The molecule has 2 atom stereocenters. The minimum absolute atomic E-state index is 0.0419. The number of amides is 1. The zero-order valence-electron chi connectivity index (χ0n) is 7.71. The Labute approximate surface area is 73.4 Å². The van der Waals surface area contributed by atoms with E-state index in [-0.39, 0.29) is 5.91 Å². The molecule has 1 rings (SSSR count). The lowest BCUT2D eigenvalue weighted by Crippen LogP contribution is -2.34. The molecule has 68 valence electrons. The molecule has 1 N–H and O–H groups in total. The van der Waals surface area contributed by atoms with Crippen LogP contribution in [0.15, 0.2) is 12.7 Å². The molecule has 1 saturated heterocycles. The van der Waals surface area contributed by atoms with Crippen molar-refractivity contribution in [1.29, 1.82) is 0 Å². The maximum atomic E-state index is 11.3. The van der Waals surface area contributed by atoms with Gasteiger partial charge in [-0.15, -0.1) is 0 Å². The average molecular weight is 168 g/mol. The van der Waals surface area contributed by atoms with Gasteiger partial charge in [0.25, 0.3) is 0 Å². The Hall–Kier alpha value is -0.830. The van der Waals surface area contributed by atoms with Crippen molar-refractivity contribution in [3.8, 4) is 0 Å². The van der Waals surface area contributed by atoms with Crippen LogP contribution in [0.2, 0.25) is 0 Å². The van der Waals surface area contributed by atoms with E-state index < -0.39 is 0 Å². The Balaban J connectivity index is 2.57. The smallest absolute Gasteiger partial charge is 0.246 e. The fourth-order valence-electron chi connectivity index (χ4n) is 1.66. The van der Waals surface area contributed by atoms with Crippen LogP contribution in [0.5, 0.6) is 0 Å². The minimum atomic E-state index is 0.0419. The van der Waals surface area contributed by atoms with E-state index in [1.54, 1.807) is 0 Å². The third-order valence-electron chi connectivity index (χ3n) is 2.44. The molecule has 1 fully saturated rings. The molecule has 0 radical (unpaired) electrons. The first-order valence-corrected chi connectivity index (χ1v) is 4.29. The Morgan fingerprint density at radius 2 is 2.42 bits per heavy atom. The van der Waals surface area contributed by atoms with Gasteiger partial charge in [-0.2, -0.15) is 0 Å². The molecule has 1 amide bonds. The number of nitrogens with one attached hydrogen (secondary N) is 1. The van der Waals surface area contributed by atoms with Gasteiger partial charge in [-0.25, -0.2) is 0 Å². The monoisotopic (exact) mass is 168 g/mol. The van der Waals surface area contributed by atoms with Gasteiger partial charge in [-0.1, -0.05) is 6.58 Å². The normalized spacial score (nSPS) is 29.0. The zero-order chi connectivity index (χ0) is 9.14. The largest absolute Gasteiger partial charge is 0.335 e. The second kappa shape index (κ2) is 3.72. The molecule has 0 bridgehead atoms. The fourth-order valence-corrected chi connectivity index (χ4v) is 1.66. The van der Waals surface area contributed by atoms with Gasteiger partial charge in [-0.3, -0.25) is 4.79 Å². The molecule has 3 nitrogen and oxygen atoms in total. The number of rotatable bonds is 2. The van der Waals surface area contributed by atoms with E-state index in [1.807, 2.05) is 11.9 Å². The molecule has 1 heterocycles. The molecule has 0 spiro atoms. The first-order valence-electron chi connectivity index (χ1n) is 4.29. The maximum absolute atomic E-state index is 11.3. The van der Waals surface area contributed by atoms with Crippen LogP contribution in [0, 0.1) is 0 Å². The maximum Gasteiger partial charge on any atom is 0.246 e. The van der Waals surface area contributed by atoms with E-state index in [0.29, 0.717) is 12.1 Å². The lowest BCUT2D eigenvalue weighted by atomic mass is 10.2. The van der Waals surface area contributed by atoms with Crippen molar-refractivity contribution >= 4 is 5.91 Å². The van der Waals surface area contributed by atoms with Crippen LogP contribution >= 0.6 is 0 Å². The van der Waals surface area contributed by atoms with Gasteiger partial charge in [0.05, 0.1) is 0 Å². The second-order valence-electron chi connectivity index (χ2n) is 3.27. The van der Waals surface area contributed by atoms with Crippen molar-refractivity contribution < 1.29 is 4.79 Å². The summed E-state index contributed by atoms with van der Waals surface area (Å²) in [4.78, 5) is 13.1. The Kier molecular flexibility index (Phi) is 2.87. The second-order valence-corrected chi connectivity index (χ2v) is 3.27. The molecule has 1 aliphatic rings. The fraction of sp³-hybridized carbons (Fsp3) is 0.667. The van der Waals surface area contributed by atoms with Gasteiger partial charge in [0, 0.05) is 18.6 Å². The van der Waals surface area contributed by atoms with Gasteiger partial charge >= 0.3 is 0 Å². The van der Waals surface area contributed by atoms with Crippen molar-refractivity contribution in [2.75, 3.05) is 13.6 Å². The Bertz CT molecular complexity index is 191. The van der Waals surface area contributed by atoms with Crippen LogP contribution in [0.1, 0.15) is 13.3 Å². The number of hydrogen-bond donors (Lipinski definition) is 1. The molecule has 0 aromatic heterocycles. The molecule has 1 aliphatic heterocycles. The molecule has 3 heteroatoms. The van der Waals surface area contributed by atoms with Gasteiger partial charge in [0.2, 0.25) is 5.91 Å². The summed E-state index contributed by atoms with van der Waals surface area (Å²) in [7, 11) is 1.93. The van der Waals surface area contributed by atoms with Crippen molar-refractivity contribution in [3.63, 3.8) is 0 Å². The molecule has 0 saturated carbocycles. The van der Waals surface area contributed by atoms with Crippen LogP contribution in [0.4, 0.5) is 0 Å². The highest BCUT2D eigenvalue weighted by Gasteiger charge is 2.29. The van der Waals surface area contributed by atoms with Crippen molar-refractivity contribution in [2.24, 2.45) is 0 Å². The van der Waals surface area contributed by atoms with E-state index in [0.717, 1.165) is 13.0 Å². The van der Waals surface area contributed by atoms with Gasteiger partial charge in [0.1, 0.15) is 0 Å². The first kappa shape index (κ1) is 9.26.